The molecule has 0 radical (unpaired) electrons. The van der Waals surface area contributed by atoms with Crippen molar-refractivity contribution in [1.29, 1.82) is 0 Å². The van der Waals surface area contributed by atoms with Gasteiger partial charge in [0, 0.05) is 19.0 Å². The number of hydrogen-bond donors (Lipinski definition) is 0. The number of para-hydroxylation sites is 2. The number of fused-ring (bicyclic) bond motifs is 1. The molecule has 1 aliphatic heterocycles. The first-order valence-corrected chi connectivity index (χ1v) is 10.6. The number of halogens is 1. The second-order valence-corrected chi connectivity index (χ2v) is 8.99. The highest BCUT2D eigenvalue weighted by molar-refractivity contribution is 5.76. The van der Waals surface area contributed by atoms with Gasteiger partial charge >= 0.3 is 6.09 Å². The van der Waals surface area contributed by atoms with Crippen LogP contribution in [0.4, 0.5) is 9.18 Å². The van der Waals surface area contributed by atoms with Gasteiger partial charge in [-0.1, -0.05) is 24.3 Å². The first-order valence-electron chi connectivity index (χ1n) is 10.6. The predicted molar refractivity (Wildman–Crippen MR) is 117 cm³/mol. The molecule has 2 aromatic carbocycles. The highest BCUT2D eigenvalue weighted by Gasteiger charge is 2.30. The molecule has 0 aliphatic carbocycles. The van der Waals surface area contributed by atoms with Crippen molar-refractivity contribution in [2.24, 2.45) is 5.92 Å². The van der Waals surface area contributed by atoms with Crippen molar-refractivity contribution >= 4 is 17.1 Å². The van der Waals surface area contributed by atoms with Crippen LogP contribution in [0.5, 0.6) is 6.01 Å². The summed E-state index contributed by atoms with van der Waals surface area (Å²) in [6.45, 7) is 7.87. The van der Waals surface area contributed by atoms with Crippen LogP contribution < -0.4 is 4.74 Å². The highest BCUT2D eigenvalue weighted by Crippen LogP contribution is 2.25. The fourth-order valence-corrected chi connectivity index (χ4v) is 3.74. The molecule has 1 saturated heterocycles. The van der Waals surface area contributed by atoms with Crippen LogP contribution in [0.1, 0.15) is 32.8 Å². The lowest BCUT2D eigenvalue weighted by molar-refractivity contribution is 0.0284. The first-order chi connectivity index (χ1) is 14.8. The number of amides is 1. The standard InChI is InChI=1S/C24H28FN3O3/c1-24(2,3)31-23(29)27-13-12-18(14-27)16-30-22-26-20-6-4-5-7-21(20)28(22)15-17-8-10-19(25)11-9-17/h4-11,18H,12-16H2,1-3H3/t18-/m1/s1. The summed E-state index contributed by atoms with van der Waals surface area (Å²) in [5.74, 6) is -0.0434. The third-order valence-corrected chi connectivity index (χ3v) is 5.26. The van der Waals surface area contributed by atoms with Gasteiger partial charge in [0.15, 0.2) is 0 Å². The van der Waals surface area contributed by atoms with E-state index in [4.69, 9.17) is 9.47 Å². The van der Waals surface area contributed by atoms with E-state index in [1.54, 1.807) is 17.0 Å². The molecule has 164 valence electrons. The second kappa shape index (κ2) is 8.57. The van der Waals surface area contributed by atoms with E-state index < -0.39 is 5.60 Å². The lowest BCUT2D eigenvalue weighted by Gasteiger charge is -2.24. The molecule has 1 atom stereocenters. The minimum atomic E-state index is -0.503. The Labute approximate surface area is 181 Å². The van der Waals surface area contributed by atoms with Crippen molar-refractivity contribution in [3.63, 3.8) is 0 Å². The van der Waals surface area contributed by atoms with Crippen LogP contribution >= 0.6 is 0 Å². The van der Waals surface area contributed by atoms with Crippen LogP contribution in [0.25, 0.3) is 11.0 Å². The van der Waals surface area contributed by atoms with Gasteiger partial charge in [-0.15, -0.1) is 0 Å². The number of carbonyl (C=O) groups is 1. The van der Waals surface area contributed by atoms with Gasteiger partial charge in [-0.2, -0.15) is 4.98 Å². The quantitative estimate of drug-likeness (QED) is 0.586. The zero-order valence-electron chi connectivity index (χ0n) is 18.2. The zero-order valence-corrected chi connectivity index (χ0v) is 18.2. The van der Waals surface area contributed by atoms with E-state index >= 15 is 0 Å². The summed E-state index contributed by atoms with van der Waals surface area (Å²) in [6, 6.07) is 14.8. The van der Waals surface area contributed by atoms with E-state index in [1.807, 2.05) is 49.6 Å². The van der Waals surface area contributed by atoms with Gasteiger partial charge in [-0.25, -0.2) is 9.18 Å². The summed E-state index contributed by atoms with van der Waals surface area (Å²) >= 11 is 0. The summed E-state index contributed by atoms with van der Waals surface area (Å²) < 4.78 is 26.9. The number of imidazole rings is 1. The topological polar surface area (TPSA) is 56.6 Å². The molecular weight excluding hydrogens is 397 g/mol. The van der Waals surface area contributed by atoms with E-state index in [0.717, 1.165) is 23.0 Å². The van der Waals surface area contributed by atoms with Gasteiger partial charge in [0.2, 0.25) is 0 Å². The number of nitrogens with zero attached hydrogens (tertiary/aromatic N) is 3. The van der Waals surface area contributed by atoms with Crippen molar-refractivity contribution in [2.75, 3.05) is 19.7 Å². The van der Waals surface area contributed by atoms with E-state index in [9.17, 15) is 9.18 Å². The molecule has 1 aromatic heterocycles. The number of carbonyl (C=O) groups excluding carboxylic acids is 1. The minimum Gasteiger partial charge on any atom is -0.464 e. The molecule has 0 bridgehead atoms. The van der Waals surface area contributed by atoms with Crippen LogP contribution in [-0.2, 0) is 11.3 Å². The van der Waals surface area contributed by atoms with Gasteiger partial charge in [0.1, 0.15) is 11.4 Å². The van der Waals surface area contributed by atoms with Gasteiger partial charge < -0.3 is 14.4 Å². The Morgan fingerprint density at radius 3 is 2.65 bits per heavy atom. The maximum atomic E-state index is 13.3. The Balaban J connectivity index is 1.45. The van der Waals surface area contributed by atoms with Crippen molar-refractivity contribution in [1.82, 2.24) is 14.5 Å². The van der Waals surface area contributed by atoms with E-state index in [-0.39, 0.29) is 17.8 Å². The van der Waals surface area contributed by atoms with Gasteiger partial charge in [-0.3, -0.25) is 4.57 Å². The fraction of sp³-hybridized carbons (Fsp3) is 0.417. The fourth-order valence-electron chi connectivity index (χ4n) is 3.74. The molecule has 7 heteroatoms. The molecule has 2 heterocycles. The van der Waals surface area contributed by atoms with Crippen molar-refractivity contribution < 1.29 is 18.7 Å². The lowest BCUT2D eigenvalue weighted by atomic mass is 10.1. The normalized spacial score (nSPS) is 16.6. The van der Waals surface area contributed by atoms with Crippen LogP contribution in [0.3, 0.4) is 0 Å². The Morgan fingerprint density at radius 2 is 1.90 bits per heavy atom. The monoisotopic (exact) mass is 425 g/mol. The summed E-state index contributed by atoms with van der Waals surface area (Å²) in [6.07, 6.45) is 0.579. The molecule has 3 aromatic rings. The number of ether oxygens (including phenoxy) is 2. The smallest absolute Gasteiger partial charge is 0.410 e. The van der Waals surface area contributed by atoms with Crippen molar-refractivity contribution in [2.45, 2.75) is 39.3 Å². The first kappa shape index (κ1) is 21.2. The largest absolute Gasteiger partial charge is 0.464 e. The van der Waals surface area contributed by atoms with E-state index in [2.05, 4.69) is 4.98 Å². The molecule has 0 unspecified atom stereocenters. The average Bonchev–Trinajstić information content (AvgIpc) is 3.32. The minimum absolute atomic E-state index is 0.214. The molecule has 6 nitrogen and oxygen atoms in total. The Morgan fingerprint density at radius 1 is 1.16 bits per heavy atom. The van der Waals surface area contributed by atoms with Crippen LogP contribution in [0, 0.1) is 11.7 Å². The number of likely N-dealkylation sites (tertiary alicyclic amines) is 1. The summed E-state index contributed by atoms with van der Waals surface area (Å²) in [5.41, 5.74) is 2.27. The van der Waals surface area contributed by atoms with Crippen LogP contribution in [0.2, 0.25) is 0 Å². The van der Waals surface area contributed by atoms with Crippen molar-refractivity contribution in [3.8, 4) is 6.01 Å². The molecule has 0 N–H and O–H groups in total. The molecule has 31 heavy (non-hydrogen) atoms. The Kier molecular flexibility index (Phi) is 5.85. The predicted octanol–water partition coefficient (Wildman–Crippen LogP) is 4.86. The maximum absolute atomic E-state index is 13.3. The van der Waals surface area contributed by atoms with E-state index in [0.29, 0.717) is 32.3 Å². The SMILES string of the molecule is CC(C)(C)OC(=O)N1CC[C@@H](COc2nc3ccccc3n2Cc2ccc(F)cc2)C1. The zero-order chi connectivity index (χ0) is 22.0. The summed E-state index contributed by atoms with van der Waals surface area (Å²) in [5, 5.41) is 0. The Bertz CT molecular complexity index is 1060. The lowest BCUT2D eigenvalue weighted by Crippen LogP contribution is -2.35. The van der Waals surface area contributed by atoms with Gasteiger partial charge in [-0.05, 0) is 57.0 Å². The Hall–Kier alpha value is -3.09. The number of aromatic nitrogens is 2. The molecule has 1 amide bonds. The summed E-state index contributed by atoms with van der Waals surface area (Å²) in [4.78, 5) is 18.7. The summed E-state index contributed by atoms with van der Waals surface area (Å²) in [7, 11) is 0. The van der Waals surface area contributed by atoms with Crippen LogP contribution in [0.15, 0.2) is 48.5 Å². The highest BCUT2D eigenvalue weighted by atomic mass is 19.1. The average molecular weight is 426 g/mol. The molecule has 1 fully saturated rings. The molecule has 4 rings (SSSR count). The van der Waals surface area contributed by atoms with Crippen molar-refractivity contribution in [3.05, 3.63) is 59.9 Å². The molecule has 0 saturated carbocycles. The molecule has 0 spiro atoms. The third kappa shape index (κ3) is 5.16. The number of benzene rings is 2. The van der Waals surface area contributed by atoms with Gasteiger partial charge in [0.05, 0.1) is 24.2 Å². The van der Waals surface area contributed by atoms with E-state index in [1.165, 1.54) is 12.1 Å². The molecular formula is C24H28FN3O3. The molecule has 1 aliphatic rings. The maximum Gasteiger partial charge on any atom is 0.410 e. The van der Waals surface area contributed by atoms with Crippen LogP contribution in [-0.4, -0.2) is 45.8 Å². The second-order valence-electron chi connectivity index (χ2n) is 8.99. The number of rotatable bonds is 5. The van der Waals surface area contributed by atoms with Gasteiger partial charge in [0.25, 0.3) is 6.01 Å². The third-order valence-electron chi connectivity index (χ3n) is 5.26. The number of hydrogen-bond acceptors (Lipinski definition) is 4.